The Labute approximate surface area is 183 Å². The summed E-state index contributed by atoms with van der Waals surface area (Å²) in [6.45, 7) is 1.41. The fourth-order valence-corrected chi connectivity index (χ4v) is 3.59. The van der Waals surface area contributed by atoms with E-state index >= 15 is 0 Å². The molecule has 0 bridgehead atoms. The van der Waals surface area contributed by atoms with Crippen LogP contribution in [0.25, 0.3) is 0 Å². The predicted molar refractivity (Wildman–Crippen MR) is 126 cm³/mol. The average Bonchev–Trinajstić information content (AvgIpc) is 2.81. The van der Waals surface area contributed by atoms with Crippen molar-refractivity contribution in [3.8, 4) is 5.75 Å². The highest BCUT2D eigenvalue weighted by molar-refractivity contribution is 5.76. The van der Waals surface area contributed by atoms with E-state index < -0.39 is 0 Å². The molecule has 4 aromatic rings. The van der Waals surface area contributed by atoms with Crippen LogP contribution in [0.1, 0.15) is 18.1 Å². The SMILES string of the molecule is CC(=O)Oc1ccc(CCc2ccc(N(c3ccccc3)c3ccccc3)cc2)cc1. The molecule has 0 amide bonds. The highest BCUT2D eigenvalue weighted by atomic mass is 16.5. The van der Waals surface area contributed by atoms with Gasteiger partial charge in [0, 0.05) is 24.0 Å². The topological polar surface area (TPSA) is 29.5 Å². The van der Waals surface area contributed by atoms with Gasteiger partial charge in [0.2, 0.25) is 0 Å². The summed E-state index contributed by atoms with van der Waals surface area (Å²) in [5, 5.41) is 0. The van der Waals surface area contributed by atoms with E-state index in [2.05, 4.69) is 77.7 Å². The van der Waals surface area contributed by atoms with Crippen LogP contribution in [0.15, 0.2) is 109 Å². The van der Waals surface area contributed by atoms with Gasteiger partial charge in [-0.2, -0.15) is 0 Å². The van der Waals surface area contributed by atoms with Gasteiger partial charge >= 0.3 is 5.97 Å². The second-order valence-corrected chi connectivity index (χ2v) is 7.41. The monoisotopic (exact) mass is 407 g/mol. The van der Waals surface area contributed by atoms with Gasteiger partial charge in [0.1, 0.15) is 5.75 Å². The van der Waals surface area contributed by atoms with E-state index in [-0.39, 0.29) is 5.97 Å². The van der Waals surface area contributed by atoms with Crippen molar-refractivity contribution in [2.75, 3.05) is 4.90 Å². The zero-order chi connectivity index (χ0) is 21.5. The maximum Gasteiger partial charge on any atom is 0.308 e. The van der Waals surface area contributed by atoms with Crippen molar-refractivity contribution in [2.45, 2.75) is 19.8 Å². The first kappa shape index (κ1) is 20.4. The summed E-state index contributed by atoms with van der Waals surface area (Å²) < 4.78 is 5.10. The number of anilines is 3. The number of aryl methyl sites for hydroxylation is 2. The summed E-state index contributed by atoms with van der Waals surface area (Å²) in [6.07, 6.45) is 1.88. The Morgan fingerprint density at radius 2 is 1.03 bits per heavy atom. The number of carbonyl (C=O) groups is 1. The molecule has 3 heteroatoms. The number of esters is 1. The molecule has 3 nitrogen and oxygen atoms in total. The number of ether oxygens (including phenoxy) is 1. The third kappa shape index (κ3) is 5.40. The van der Waals surface area contributed by atoms with Crippen LogP contribution in [-0.2, 0) is 17.6 Å². The van der Waals surface area contributed by atoms with E-state index in [0.717, 1.165) is 29.9 Å². The maximum atomic E-state index is 11.0. The third-order valence-corrected chi connectivity index (χ3v) is 5.11. The summed E-state index contributed by atoms with van der Waals surface area (Å²) >= 11 is 0. The molecule has 0 fully saturated rings. The first-order valence-corrected chi connectivity index (χ1v) is 10.5. The Bertz CT molecular complexity index is 1070. The van der Waals surface area contributed by atoms with Crippen LogP contribution in [0.3, 0.4) is 0 Å². The molecular weight excluding hydrogens is 382 g/mol. The van der Waals surface area contributed by atoms with Crippen molar-refractivity contribution in [1.82, 2.24) is 0 Å². The van der Waals surface area contributed by atoms with Crippen molar-refractivity contribution in [3.63, 3.8) is 0 Å². The van der Waals surface area contributed by atoms with Gasteiger partial charge in [-0.3, -0.25) is 4.79 Å². The molecule has 0 aromatic heterocycles. The van der Waals surface area contributed by atoms with Crippen molar-refractivity contribution in [3.05, 3.63) is 120 Å². The number of benzene rings is 4. The number of carbonyl (C=O) groups excluding carboxylic acids is 1. The summed E-state index contributed by atoms with van der Waals surface area (Å²) in [4.78, 5) is 13.3. The zero-order valence-electron chi connectivity index (χ0n) is 17.6. The molecule has 4 rings (SSSR count). The van der Waals surface area contributed by atoms with Gasteiger partial charge < -0.3 is 9.64 Å². The van der Waals surface area contributed by atoms with Gasteiger partial charge in [-0.15, -0.1) is 0 Å². The van der Waals surface area contributed by atoms with Gasteiger partial charge in [-0.25, -0.2) is 0 Å². The number of rotatable bonds is 7. The van der Waals surface area contributed by atoms with Gasteiger partial charge in [-0.05, 0) is 72.5 Å². The number of para-hydroxylation sites is 2. The summed E-state index contributed by atoms with van der Waals surface area (Å²) in [5.74, 6) is 0.287. The zero-order valence-corrected chi connectivity index (χ0v) is 17.6. The minimum Gasteiger partial charge on any atom is -0.427 e. The Morgan fingerprint density at radius 3 is 1.48 bits per heavy atom. The molecule has 0 unspecified atom stereocenters. The number of hydrogen-bond donors (Lipinski definition) is 0. The second kappa shape index (κ2) is 9.77. The van der Waals surface area contributed by atoms with Crippen LogP contribution in [0, 0.1) is 0 Å². The standard InChI is InChI=1S/C28H25NO2/c1-22(30)31-28-20-16-24(17-21-28)13-12-23-14-18-27(19-15-23)29(25-8-4-2-5-9-25)26-10-6-3-7-11-26/h2-11,14-21H,12-13H2,1H3. The molecule has 4 aromatic carbocycles. The van der Waals surface area contributed by atoms with E-state index in [0.29, 0.717) is 5.75 Å². The van der Waals surface area contributed by atoms with E-state index in [1.807, 2.05) is 36.4 Å². The van der Waals surface area contributed by atoms with Gasteiger partial charge in [0.05, 0.1) is 0 Å². The molecular formula is C28H25NO2. The van der Waals surface area contributed by atoms with Crippen molar-refractivity contribution in [1.29, 1.82) is 0 Å². The Balaban J connectivity index is 1.48. The van der Waals surface area contributed by atoms with E-state index in [9.17, 15) is 4.79 Å². The molecule has 0 heterocycles. The fraction of sp³-hybridized carbons (Fsp3) is 0.107. The third-order valence-electron chi connectivity index (χ3n) is 5.11. The van der Waals surface area contributed by atoms with Crippen LogP contribution in [-0.4, -0.2) is 5.97 Å². The Morgan fingerprint density at radius 1 is 0.613 bits per heavy atom. The van der Waals surface area contributed by atoms with E-state index in [1.54, 1.807) is 0 Å². The number of nitrogens with zero attached hydrogens (tertiary/aromatic N) is 1. The van der Waals surface area contributed by atoms with Crippen LogP contribution >= 0.6 is 0 Å². The van der Waals surface area contributed by atoms with Crippen molar-refractivity contribution < 1.29 is 9.53 Å². The predicted octanol–water partition coefficient (Wildman–Crippen LogP) is 6.87. The van der Waals surface area contributed by atoms with Crippen LogP contribution < -0.4 is 9.64 Å². The highest BCUT2D eigenvalue weighted by Crippen LogP contribution is 2.34. The van der Waals surface area contributed by atoms with Gasteiger partial charge in [0.15, 0.2) is 0 Å². The first-order chi connectivity index (χ1) is 15.2. The molecule has 31 heavy (non-hydrogen) atoms. The summed E-state index contributed by atoms with van der Waals surface area (Å²) in [5.41, 5.74) is 5.90. The van der Waals surface area contributed by atoms with Crippen molar-refractivity contribution in [2.24, 2.45) is 0 Å². The smallest absolute Gasteiger partial charge is 0.308 e. The van der Waals surface area contributed by atoms with Gasteiger partial charge in [0.25, 0.3) is 0 Å². The molecule has 0 N–H and O–H groups in total. The molecule has 0 atom stereocenters. The minimum atomic E-state index is -0.298. The fourth-order valence-electron chi connectivity index (χ4n) is 3.59. The summed E-state index contributed by atoms with van der Waals surface area (Å²) in [7, 11) is 0. The second-order valence-electron chi connectivity index (χ2n) is 7.41. The molecule has 0 aliphatic carbocycles. The quantitative estimate of drug-likeness (QED) is 0.247. The molecule has 0 saturated heterocycles. The normalized spacial score (nSPS) is 10.5. The molecule has 0 spiro atoms. The Kier molecular flexibility index (Phi) is 6.44. The first-order valence-electron chi connectivity index (χ1n) is 10.5. The van der Waals surface area contributed by atoms with Crippen LogP contribution in [0.5, 0.6) is 5.75 Å². The molecule has 0 saturated carbocycles. The minimum absolute atomic E-state index is 0.298. The highest BCUT2D eigenvalue weighted by Gasteiger charge is 2.11. The van der Waals surface area contributed by atoms with Crippen LogP contribution in [0.4, 0.5) is 17.1 Å². The van der Waals surface area contributed by atoms with Gasteiger partial charge in [-0.1, -0.05) is 60.7 Å². The largest absolute Gasteiger partial charge is 0.427 e. The summed E-state index contributed by atoms with van der Waals surface area (Å²) in [6, 6.07) is 37.3. The molecule has 0 radical (unpaired) electrons. The lowest BCUT2D eigenvalue weighted by atomic mass is 10.0. The lowest BCUT2D eigenvalue weighted by molar-refractivity contribution is -0.131. The number of hydrogen-bond acceptors (Lipinski definition) is 3. The lowest BCUT2D eigenvalue weighted by Crippen LogP contribution is -2.09. The van der Waals surface area contributed by atoms with E-state index in [1.165, 1.54) is 18.1 Å². The lowest BCUT2D eigenvalue weighted by Gasteiger charge is -2.25. The van der Waals surface area contributed by atoms with Crippen molar-refractivity contribution >= 4 is 23.0 Å². The van der Waals surface area contributed by atoms with E-state index in [4.69, 9.17) is 4.74 Å². The molecule has 154 valence electrons. The molecule has 0 aliphatic rings. The maximum absolute atomic E-state index is 11.0. The average molecular weight is 408 g/mol. The molecule has 0 aliphatic heterocycles. The Hall–Kier alpha value is -3.85. The van der Waals surface area contributed by atoms with Crippen LogP contribution in [0.2, 0.25) is 0 Å².